The first kappa shape index (κ1) is 15.9. The van der Waals surface area contributed by atoms with Gasteiger partial charge in [0.25, 0.3) is 5.69 Å². The molecule has 8 heteroatoms. The molecular weight excluding hydrogens is 294 g/mol. The molecule has 1 saturated heterocycles. The lowest BCUT2D eigenvalue weighted by Gasteiger charge is -2.35. The number of non-ortho nitro benzene ring substituents is 1. The summed E-state index contributed by atoms with van der Waals surface area (Å²) in [6, 6.07) is 5.86. The Labute approximate surface area is 124 Å². The topological polar surface area (TPSA) is 92.5 Å². The van der Waals surface area contributed by atoms with Gasteiger partial charge in [0.1, 0.15) is 0 Å². The zero-order valence-electron chi connectivity index (χ0n) is 12.0. The first-order valence-electron chi connectivity index (χ1n) is 6.75. The van der Waals surface area contributed by atoms with Crippen molar-refractivity contribution in [1.82, 2.24) is 9.62 Å². The van der Waals surface area contributed by atoms with E-state index in [2.05, 4.69) is 5.32 Å². The second-order valence-electron chi connectivity index (χ2n) is 5.47. The summed E-state index contributed by atoms with van der Waals surface area (Å²) in [7, 11) is -3.41. The summed E-state index contributed by atoms with van der Waals surface area (Å²) in [6.45, 7) is 4.79. The maximum absolute atomic E-state index is 12.4. The molecule has 0 aliphatic carbocycles. The van der Waals surface area contributed by atoms with E-state index in [0.717, 1.165) is 0 Å². The molecule has 1 N–H and O–H groups in total. The van der Waals surface area contributed by atoms with Crippen molar-refractivity contribution in [3.8, 4) is 0 Å². The van der Waals surface area contributed by atoms with Crippen LogP contribution in [0.25, 0.3) is 0 Å². The van der Waals surface area contributed by atoms with Crippen molar-refractivity contribution in [1.29, 1.82) is 0 Å². The number of sulfonamides is 1. The van der Waals surface area contributed by atoms with E-state index in [-0.39, 0.29) is 23.5 Å². The zero-order chi connectivity index (χ0) is 15.6. The third-order valence-corrected chi connectivity index (χ3v) is 5.20. The molecule has 1 aromatic carbocycles. The van der Waals surface area contributed by atoms with E-state index < -0.39 is 14.9 Å². The van der Waals surface area contributed by atoms with E-state index in [9.17, 15) is 18.5 Å². The molecule has 1 aliphatic heterocycles. The Hall–Kier alpha value is -1.51. The minimum absolute atomic E-state index is 0.0411. The van der Waals surface area contributed by atoms with Crippen molar-refractivity contribution >= 4 is 15.7 Å². The first-order chi connectivity index (χ1) is 9.78. The molecular formula is C13H19N3O4S. The summed E-state index contributed by atoms with van der Waals surface area (Å²) in [5.74, 6) is -0.134. The van der Waals surface area contributed by atoms with Crippen LogP contribution in [0.3, 0.4) is 0 Å². The fourth-order valence-corrected chi connectivity index (χ4v) is 4.22. The highest BCUT2D eigenvalue weighted by Crippen LogP contribution is 2.17. The molecule has 0 radical (unpaired) electrons. The number of nitrogens with one attached hydrogen (secondary N) is 1. The van der Waals surface area contributed by atoms with E-state index in [1.165, 1.54) is 28.6 Å². The molecule has 1 aromatic rings. The molecule has 7 nitrogen and oxygen atoms in total. The van der Waals surface area contributed by atoms with E-state index >= 15 is 0 Å². The predicted molar refractivity (Wildman–Crippen MR) is 79.4 cm³/mol. The van der Waals surface area contributed by atoms with Crippen molar-refractivity contribution < 1.29 is 13.3 Å². The molecule has 0 amide bonds. The van der Waals surface area contributed by atoms with Gasteiger partial charge < -0.3 is 5.32 Å². The smallest absolute Gasteiger partial charge is 0.269 e. The van der Waals surface area contributed by atoms with Gasteiger partial charge in [0.05, 0.1) is 10.7 Å². The molecule has 1 heterocycles. The van der Waals surface area contributed by atoms with Crippen molar-refractivity contribution in [2.75, 3.05) is 13.1 Å². The Morgan fingerprint density at radius 3 is 2.24 bits per heavy atom. The molecule has 116 valence electrons. The molecule has 2 unspecified atom stereocenters. The number of rotatable bonds is 4. The van der Waals surface area contributed by atoms with E-state index in [4.69, 9.17) is 0 Å². The number of hydrogen-bond donors (Lipinski definition) is 1. The van der Waals surface area contributed by atoms with Crippen LogP contribution >= 0.6 is 0 Å². The van der Waals surface area contributed by atoms with Crippen LogP contribution in [0, 0.1) is 10.1 Å². The summed E-state index contributed by atoms with van der Waals surface area (Å²) in [5.41, 5.74) is 0.514. The standard InChI is InChI=1S/C13H19N3O4S/c1-10-7-15(8-11(2)14-10)21(19,20)9-12-3-5-13(6-4-12)16(17)18/h3-6,10-11,14H,7-9H2,1-2H3. The Morgan fingerprint density at radius 1 is 1.24 bits per heavy atom. The highest BCUT2D eigenvalue weighted by Gasteiger charge is 2.30. The molecule has 2 atom stereocenters. The molecule has 0 aromatic heterocycles. The number of nitro benzene ring substituents is 1. The third kappa shape index (κ3) is 3.99. The number of piperazine rings is 1. The van der Waals surface area contributed by atoms with Crippen LogP contribution in [0.5, 0.6) is 0 Å². The maximum Gasteiger partial charge on any atom is 0.269 e. The first-order valence-corrected chi connectivity index (χ1v) is 8.36. The SMILES string of the molecule is CC1CN(S(=O)(=O)Cc2ccc([N+](=O)[O-])cc2)CC(C)N1. The summed E-state index contributed by atoms with van der Waals surface area (Å²) < 4.78 is 26.3. The van der Waals surface area contributed by atoms with Gasteiger partial charge in [0.15, 0.2) is 0 Å². The van der Waals surface area contributed by atoms with Crippen LogP contribution in [-0.4, -0.2) is 42.8 Å². The molecule has 1 fully saturated rings. The van der Waals surface area contributed by atoms with E-state index in [1.54, 1.807) is 0 Å². The van der Waals surface area contributed by atoms with E-state index in [0.29, 0.717) is 18.7 Å². The van der Waals surface area contributed by atoms with Crippen molar-refractivity contribution in [3.05, 3.63) is 39.9 Å². The minimum atomic E-state index is -3.41. The van der Waals surface area contributed by atoms with E-state index in [1.807, 2.05) is 13.8 Å². The fraction of sp³-hybridized carbons (Fsp3) is 0.538. The van der Waals surface area contributed by atoms with Crippen LogP contribution in [0.2, 0.25) is 0 Å². The van der Waals surface area contributed by atoms with Gasteiger partial charge in [0, 0.05) is 37.3 Å². The zero-order valence-corrected chi connectivity index (χ0v) is 12.8. The van der Waals surface area contributed by atoms with Crippen LogP contribution in [0.4, 0.5) is 5.69 Å². The largest absolute Gasteiger partial charge is 0.309 e. The normalized spacial score (nSPS) is 23.9. The van der Waals surface area contributed by atoms with Gasteiger partial charge in [-0.1, -0.05) is 12.1 Å². The van der Waals surface area contributed by atoms with Crippen LogP contribution in [0.15, 0.2) is 24.3 Å². The van der Waals surface area contributed by atoms with Crippen LogP contribution < -0.4 is 5.32 Å². The highest BCUT2D eigenvalue weighted by molar-refractivity contribution is 7.88. The summed E-state index contributed by atoms with van der Waals surface area (Å²) in [6.07, 6.45) is 0. The van der Waals surface area contributed by atoms with Crippen molar-refractivity contribution in [3.63, 3.8) is 0 Å². The van der Waals surface area contributed by atoms with Crippen molar-refractivity contribution in [2.24, 2.45) is 0 Å². The Balaban J connectivity index is 2.11. The molecule has 1 aliphatic rings. The number of benzene rings is 1. The highest BCUT2D eigenvalue weighted by atomic mass is 32.2. The van der Waals surface area contributed by atoms with Crippen LogP contribution in [-0.2, 0) is 15.8 Å². The number of nitrogens with zero attached hydrogens (tertiary/aromatic N) is 2. The van der Waals surface area contributed by atoms with Gasteiger partial charge >= 0.3 is 0 Å². The lowest BCUT2D eigenvalue weighted by Crippen LogP contribution is -2.55. The van der Waals surface area contributed by atoms with Gasteiger partial charge in [-0.2, -0.15) is 4.31 Å². The molecule has 0 spiro atoms. The molecule has 0 bridgehead atoms. The lowest BCUT2D eigenvalue weighted by atomic mass is 10.2. The minimum Gasteiger partial charge on any atom is -0.309 e. The molecule has 21 heavy (non-hydrogen) atoms. The second-order valence-corrected chi connectivity index (χ2v) is 7.43. The fourth-order valence-electron chi connectivity index (χ4n) is 2.52. The Morgan fingerprint density at radius 2 is 1.76 bits per heavy atom. The Kier molecular flexibility index (Phi) is 4.60. The summed E-state index contributed by atoms with van der Waals surface area (Å²) in [5, 5.41) is 13.9. The predicted octanol–water partition coefficient (Wildman–Crippen LogP) is 1.11. The van der Waals surface area contributed by atoms with Gasteiger partial charge in [-0.15, -0.1) is 0 Å². The third-order valence-electron chi connectivity index (χ3n) is 3.41. The average Bonchev–Trinajstić information content (AvgIpc) is 2.37. The molecule has 0 saturated carbocycles. The Bertz CT molecular complexity index is 605. The average molecular weight is 313 g/mol. The monoisotopic (exact) mass is 313 g/mol. The molecule has 2 rings (SSSR count). The summed E-state index contributed by atoms with van der Waals surface area (Å²) in [4.78, 5) is 10.1. The second kappa shape index (κ2) is 6.08. The summed E-state index contributed by atoms with van der Waals surface area (Å²) >= 11 is 0. The van der Waals surface area contributed by atoms with Crippen LogP contribution in [0.1, 0.15) is 19.4 Å². The number of nitro groups is 1. The quantitative estimate of drug-likeness (QED) is 0.664. The van der Waals surface area contributed by atoms with Gasteiger partial charge in [-0.25, -0.2) is 8.42 Å². The van der Waals surface area contributed by atoms with Gasteiger partial charge in [0.2, 0.25) is 10.0 Å². The van der Waals surface area contributed by atoms with Gasteiger partial charge in [-0.3, -0.25) is 10.1 Å². The maximum atomic E-state index is 12.4. The van der Waals surface area contributed by atoms with Gasteiger partial charge in [-0.05, 0) is 19.4 Å². The van der Waals surface area contributed by atoms with Crippen molar-refractivity contribution in [2.45, 2.75) is 31.7 Å². The lowest BCUT2D eigenvalue weighted by molar-refractivity contribution is -0.384. The number of hydrogen-bond acceptors (Lipinski definition) is 5.